The van der Waals surface area contributed by atoms with E-state index in [1.54, 1.807) is 0 Å². The molecule has 2 rings (SSSR count). The smallest absolute Gasteiger partial charge is 0.347 e. The standard InChI is InChI=1S/C17H17ClFN3O5S/c1-5-6-26-14(23)9(2)27-13-8-12(11(19)7-10(13)18)22-15(24)20(3)17(28)21(4)16(22)25/h5,7-9H,1,6H2,2-4H3/t9-/m1/s1. The lowest BCUT2D eigenvalue weighted by atomic mass is 10.2. The zero-order valence-electron chi connectivity index (χ0n) is 15.3. The number of nitrogens with zero attached hydrogens (tertiary/aromatic N) is 3. The molecule has 1 aromatic carbocycles. The van der Waals surface area contributed by atoms with Gasteiger partial charge in [0.2, 0.25) is 0 Å². The Hall–Kier alpha value is -2.72. The van der Waals surface area contributed by atoms with Gasteiger partial charge in [0.25, 0.3) is 0 Å². The third-order valence-electron chi connectivity index (χ3n) is 3.75. The Morgan fingerprint density at radius 2 is 1.89 bits per heavy atom. The molecule has 8 nitrogen and oxygen atoms in total. The van der Waals surface area contributed by atoms with E-state index in [9.17, 15) is 18.8 Å². The summed E-state index contributed by atoms with van der Waals surface area (Å²) in [5, 5.41) is -0.154. The van der Waals surface area contributed by atoms with E-state index in [4.69, 9.17) is 33.3 Å². The van der Waals surface area contributed by atoms with Crippen LogP contribution in [0.4, 0.5) is 4.39 Å². The van der Waals surface area contributed by atoms with Crippen LogP contribution < -0.4 is 16.1 Å². The normalized spacial score (nSPS) is 11.8. The zero-order chi connectivity index (χ0) is 21.2. The second kappa shape index (κ2) is 8.53. The van der Waals surface area contributed by atoms with Gasteiger partial charge in [-0.05, 0) is 25.2 Å². The van der Waals surface area contributed by atoms with Crippen LogP contribution in [0, 0.1) is 10.6 Å². The van der Waals surface area contributed by atoms with Crippen molar-refractivity contribution in [3.8, 4) is 11.4 Å². The van der Waals surface area contributed by atoms with Crippen LogP contribution in [0.3, 0.4) is 0 Å². The molecule has 0 bridgehead atoms. The Kier molecular flexibility index (Phi) is 6.57. The average molecular weight is 430 g/mol. The van der Waals surface area contributed by atoms with Crippen LogP contribution in [0.25, 0.3) is 5.69 Å². The van der Waals surface area contributed by atoms with Crippen LogP contribution in [0.5, 0.6) is 5.75 Å². The van der Waals surface area contributed by atoms with E-state index in [-0.39, 0.29) is 22.2 Å². The van der Waals surface area contributed by atoms with Crippen molar-refractivity contribution in [1.29, 1.82) is 0 Å². The molecule has 0 spiro atoms. The number of benzene rings is 1. The molecule has 0 saturated heterocycles. The Balaban J connectivity index is 2.58. The summed E-state index contributed by atoms with van der Waals surface area (Å²) in [7, 11) is 2.70. The van der Waals surface area contributed by atoms with Gasteiger partial charge in [-0.3, -0.25) is 9.13 Å². The van der Waals surface area contributed by atoms with Crippen molar-refractivity contribution in [2.24, 2.45) is 14.1 Å². The van der Waals surface area contributed by atoms with Crippen molar-refractivity contribution in [2.45, 2.75) is 13.0 Å². The number of carbonyl (C=O) groups excluding carboxylic acids is 1. The second-order valence-electron chi connectivity index (χ2n) is 5.71. The minimum atomic E-state index is -1.08. The number of aromatic nitrogens is 3. The van der Waals surface area contributed by atoms with E-state index >= 15 is 0 Å². The van der Waals surface area contributed by atoms with Crippen molar-refractivity contribution in [2.75, 3.05) is 6.61 Å². The Labute approximate surface area is 169 Å². The molecule has 0 radical (unpaired) electrons. The van der Waals surface area contributed by atoms with Crippen molar-refractivity contribution in [3.05, 3.63) is 61.4 Å². The maximum absolute atomic E-state index is 14.5. The summed E-state index contributed by atoms with van der Waals surface area (Å²) >= 11 is 11.0. The monoisotopic (exact) mass is 429 g/mol. The van der Waals surface area contributed by atoms with E-state index in [1.807, 2.05) is 0 Å². The van der Waals surface area contributed by atoms with E-state index in [0.29, 0.717) is 4.57 Å². The Morgan fingerprint density at radius 3 is 2.43 bits per heavy atom. The predicted molar refractivity (Wildman–Crippen MR) is 103 cm³/mol. The highest BCUT2D eigenvalue weighted by Gasteiger charge is 2.21. The second-order valence-corrected chi connectivity index (χ2v) is 6.49. The summed E-state index contributed by atoms with van der Waals surface area (Å²) in [5.74, 6) is -1.74. The van der Waals surface area contributed by atoms with Gasteiger partial charge in [-0.25, -0.2) is 23.3 Å². The summed E-state index contributed by atoms with van der Waals surface area (Å²) in [6.45, 7) is 4.82. The summed E-state index contributed by atoms with van der Waals surface area (Å²) in [5.41, 5.74) is -2.10. The summed E-state index contributed by atoms with van der Waals surface area (Å²) < 4.78 is 27.4. The fourth-order valence-electron chi connectivity index (χ4n) is 2.25. The Bertz CT molecular complexity index is 1080. The molecule has 0 saturated carbocycles. The number of hydrogen-bond acceptors (Lipinski definition) is 6. The summed E-state index contributed by atoms with van der Waals surface area (Å²) in [4.78, 5) is 36.8. The first-order chi connectivity index (χ1) is 13.1. The maximum Gasteiger partial charge on any atom is 0.347 e. The molecule has 0 N–H and O–H groups in total. The molecule has 0 unspecified atom stereocenters. The van der Waals surface area contributed by atoms with Crippen LogP contribution >= 0.6 is 23.8 Å². The number of halogens is 2. The minimum absolute atomic E-state index is 0.00963. The van der Waals surface area contributed by atoms with Gasteiger partial charge in [-0.1, -0.05) is 24.3 Å². The van der Waals surface area contributed by atoms with E-state index < -0.39 is 35.0 Å². The molecule has 150 valence electrons. The number of hydrogen-bond donors (Lipinski definition) is 0. The molecule has 1 atom stereocenters. The average Bonchev–Trinajstić information content (AvgIpc) is 2.66. The largest absolute Gasteiger partial charge is 0.477 e. The van der Waals surface area contributed by atoms with Gasteiger partial charge in [0.05, 0.1) is 10.7 Å². The van der Waals surface area contributed by atoms with E-state index in [1.165, 1.54) is 27.1 Å². The highest BCUT2D eigenvalue weighted by Crippen LogP contribution is 2.29. The number of carbonyl (C=O) groups is 1. The first-order valence-corrected chi connectivity index (χ1v) is 8.71. The number of esters is 1. The summed E-state index contributed by atoms with van der Waals surface area (Å²) in [6.07, 6.45) is 0.306. The lowest BCUT2D eigenvalue weighted by Gasteiger charge is -2.17. The van der Waals surface area contributed by atoms with Gasteiger partial charge < -0.3 is 9.47 Å². The fraction of sp³-hybridized carbons (Fsp3) is 0.294. The molecule has 0 fully saturated rings. The van der Waals surface area contributed by atoms with Crippen LogP contribution in [0.1, 0.15) is 6.92 Å². The molecule has 1 heterocycles. The predicted octanol–water partition coefficient (Wildman–Crippen LogP) is 1.89. The van der Waals surface area contributed by atoms with Gasteiger partial charge in [0.15, 0.2) is 10.9 Å². The SMILES string of the molecule is C=CCOC(=O)[C@@H](C)Oc1cc(-n2c(=O)n(C)c(=S)n(C)c2=O)c(F)cc1Cl. The summed E-state index contributed by atoms with van der Waals surface area (Å²) in [6, 6.07) is 1.93. The van der Waals surface area contributed by atoms with Gasteiger partial charge in [0.1, 0.15) is 18.2 Å². The van der Waals surface area contributed by atoms with E-state index in [2.05, 4.69) is 6.58 Å². The minimum Gasteiger partial charge on any atom is -0.477 e. The molecule has 0 aliphatic carbocycles. The Morgan fingerprint density at radius 1 is 1.32 bits per heavy atom. The van der Waals surface area contributed by atoms with Crippen LogP contribution in [0.2, 0.25) is 5.02 Å². The lowest BCUT2D eigenvalue weighted by molar-refractivity contribution is -0.149. The van der Waals surface area contributed by atoms with Crippen molar-refractivity contribution >= 4 is 29.8 Å². The highest BCUT2D eigenvalue weighted by atomic mass is 35.5. The molecule has 11 heteroatoms. The van der Waals surface area contributed by atoms with E-state index in [0.717, 1.165) is 21.3 Å². The molecule has 0 amide bonds. The molecule has 28 heavy (non-hydrogen) atoms. The van der Waals surface area contributed by atoms with Gasteiger partial charge in [0, 0.05) is 20.2 Å². The number of rotatable bonds is 6. The number of ether oxygens (including phenoxy) is 2. The van der Waals surface area contributed by atoms with Crippen LogP contribution in [-0.4, -0.2) is 32.4 Å². The van der Waals surface area contributed by atoms with Gasteiger partial charge in [-0.2, -0.15) is 0 Å². The molecule has 0 aliphatic heterocycles. The first-order valence-electron chi connectivity index (χ1n) is 7.92. The van der Waals surface area contributed by atoms with Crippen molar-refractivity contribution < 1.29 is 18.7 Å². The molecular weight excluding hydrogens is 413 g/mol. The first kappa shape index (κ1) is 21.6. The highest BCUT2D eigenvalue weighted by molar-refractivity contribution is 7.71. The maximum atomic E-state index is 14.5. The quantitative estimate of drug-likeness (QED) is 0.396. The van der Waals surface area contributed by atoms with Crippen LogP contribution in [-0.2, 0) is 23.6 Å². The van der Waals surface area contributed by atoms with Crippen molar-refractivity contribution in [1.82, 2.24) is 13.7 Å². The molecule has 2 aromatic rings. The fourth-order valence-corrected chi connectivity index (χ4v) is 2.60. The van der Waals surface area contributed by atoms with Gasteiger partial charge in [-0.15, -0.1) is 0 Å². The third kappa shape index (κ3) is 4.07. The molecule has 1 aromatic heterocycles. The van der Waals surface area contributed by atoms with Crippen molar-refractivity contribution in [3.63, 3.8) is 0 Å². The zero-order valence-corrected chi connectivity index (χ0v) is 16.8. The topological polar surface area (TPSA) is 84.5 Å². The van der Waals surface area contributed by atoms with Gasteiger partial charge >= 0.3 is 17.3 Å². The molecular formula is C17H17ClFN3O5S. The lowest BCUT2D eigenvalue weighted by Crippen LogP contribution is -2.43. The molecule has 0 aliphatic rings. The van der Waals surface area contributed by atoms with Crippen LogP contribution in [0.15, 0.2) is 34.4 Å². The third-order valence-corrected chi connectivity index (χ3v) is 4.59.